The molecule has 0 heterocycles. The number of ether oxygens (including phenoxy) is 1. The number of hydrogen-bond acceptors (Lipinski definition) is 4. The van der Waals surface area contributed by atoms with Crippen molar-refractivity contribution in [2.75, 3.05) is 39.1 Å². The van der Waals surface area contributed by atoms with Crippen LogP contribution in [0.5, 0.6) is 0 Å². The van der Waals surface area contributed by atoms with Gasteiger partial charge in [0.1, 0.15) is 0 Å². The van der Waals surface area contributed by atoms with E-state index in [1.54, 1.807) is 7.05 Å². The summed E-state index contributed by atoms with van der Waals surface area (Å²) in [6.45, 7) is 3.02. The lowest BCUT2D eigenvalue weighted by molar-refractivity contribution is 0.123. The molecule has 0 unspecified atom stereocenters. The summed E-state index contributed by atoms with van der Waals surface area (Å²) in [6, 6.07) is 9.29. The molecule has 0 bridgehead atoms. The normalized spacial score (nSPS) is 15.0. The molecule has 1 aliphatic rings. The maximum absolute atomic E-state index is 12.2. The number of sulfone groups is 1. The van der Waals surface area contributed by atoms with E-state index in [4.69, 9.17) is 4.74 Å². The van der Waals surface area contributed by atoms with Crippen LogP contribution in [0, 0.1) is 5.92 Å². The topological polar surface area (TPSA) is 79.8 Å². The third-order valence-corrected chi connectivity index (χ3v) is 5.87. The second kappa shape index (κ2) is 11.2. The lowest BCUT2D eigenvalue weighted by Crippen LogP contribution is -2.38. The number of guanidine groups is 1. The molecule has 7 heteroatoms. The van der Waals surface area contributed by atoms with Gasteiger partial charge in [-0.1, -0.05) is 30.3 Å². The minimum Gasteiger partial charge on any atom is -0.381 e. The first-order chi connectivity index (χ1) is 12.6. The molecular weight excluding hydrogens is 350 g/mol. The molecule has 1 saturated carbocycles. The van der Waals surface area contributed by atoms with Gasteiger partial charge in [-0.3, -0.25) is 4.99 Å². The van der Waals surface area contributed by atoms with Gasteiger partial charge < -0.3 is 15.4 Å². The summed E-state index contributed by atoms with van der Waals surface area (Å²) < 4.78 is 29.9. The highest BCUT2D eigenvalue weighted by molar-refractivity contribution is 7.90. The maximum atomic E-state index is 12.2. The van der Waals surface area contributed by atoms with Crippen LogP contribution in [0.25, 0.3) is 0 Å². The van der Waals surface area contributed by atoms with Gasteiger partial charge in [0, 0.05) is 33.4 Å². The van der Waals surface area contributed by atoms with Gasteiger partial charge in [0.15, 0.2) is 15.8 Å². The van der Waals surface area contributed by atoms with Crippen LogP contribution in [0.4, 0.5) is 0 Å². The van der Waals surface area contributed by atoms with Gasteiger partial charge in [-0.2, -0.15) is 0 Å². The first kappa shape index (κ1) is 20.7. The second-order valence-corrected chi connectivity index (χ2v) is 8.91. The second-order valence-electron chi connectivity index (χ2n) is 6.73. The number of aliphatic imine (C=N–C) groups is 1. The molecule has 2 rings (SSSR count). The van der Waals surface area contributed by atoms with Crippen molar-refractivity contribution in [3.05, 3.63) is 35.9 Å². The van der Waals surface area contributed by atoms with Crippen molar-refractivity contribution in [2.45, 2.75) is 31.4 Å². The summed E-state index contributed by atoms with van der Waals surface area (Å²) in [6.07, 6.45) is 4.12. The molecule has 146 valence electrons. The van der Waals surface area contributed by atoms with Crippen LogP contribution in [0.3, 0.4) is 0 Å². The predicted octanol–water partition coefficient (Wildman–Crippen LogP) is 1.97. The Morgan fingerprint density at radius 2 is 1.85 bits per heavy atom. The van der Waals surface area contributed by atoms with Gasteiger partial charge in [0.2, 0.25) is 0 Å². The highest BCUT2D eigenvalue weighted by Gasteiger charge is 2.20. The summed E-state index contributed by atoms with van der Waals surface area (Å²) >= 11 is 0. The van der Waals surface area contributed by atoms with E-state index in [9.17, 15) is 8.42 Å². The average molecular weight is 382 g/mol. The fourth-order valence-electron chi connectivity index (χ4n) is 2.54. The third-order valence-electron chi connectivity index (χ3n) is 4.19. The highest BCUT2D eigenvalue weighted by Crippen LogP contribution is 2.28. The summed E-state index contributed by atoms with van der Waals surface area (Å²) in [5.41, 5.74) is 0.835. The molecule has 1 fully saturated rings. The summed E-state index contributed by atoms with van der Waals surface area (Å²) in [5.74, 6) is 1.77. The van der Waals surface area contributed by atoms with Gasteiger partial charge in [0.05, 0.1) is 11.5 Å². The molecule has 0 atom stereocenters. The zero-order valence-electron chi connectivity index (χ0n) is 15.6. The van der Waals surface area contributed by atoms with E-state index in [1.165, 1.54) is 12.8 Å². The largest absolute Gasteiger partial charge is 0.381 e. The number of nitrogens with zero attached hydrogens (tertiary/aromatic N) is 1. The van der Waals surface area contributed by atoms with Crippen LogP contribution in [0.1, 0.15) is 31.2 Å². The standard InChI is InChI=1S/C19H31N3O3S/c1-20-19(21-11-5-13-25-15-17-9-10-17)22-12-6-14-26(23,24)16-18-7-3-2-4-8-18/h2-4,7-8,17H,5-6,9-16H2,1H3,(H2,20,21,22). The zero-order chi connectivity index (χ0) is 18.7. The average Bonchev–Trinajstić information content (AvgIpc) is 3.44. The van der Waals surface area contributed by atoms with Crippen LogP contribution in [0.2, 0.25) is 0 Å². The summed E-state index contributed by atoms with van der Waals surface area (Å²) in [7, 11) is -1.37. The lowest BCUT2D eigenvalue weighted by Gasteiger charge is -2.12. The van der Waals surface area contributed by atoms with E-state index in [1.807, 2.05) is 30.3 Å². The van der Waals surface area contributed by atoms with E-state index < -0.39 is 9.84 Å². The Balaban J connectivity index is 1.53. The van der Waals surface area contributed by atoms with E-state index in [-0.39, 0.29) is 11.5 Å². The minimum absolute atomic E-state index is 0.0989. The Kier molecular flexibility index (Phi) is 8.91. The Bertz CT molecular complexity index is 643. The number of nitrogens with one attached hydrogen (secondary N) is 2. The van der Waals surface area contributed by atoms with Crippen molar-refractivity contribution in [3.63, 3.8) is 0 Å². The van der Waals surface area contributed by atoms with Gasteiger partial charge in [-0.05, 0) is 37.2 Å². The molecule has 0 amide bonds. The molecule has 0 aromatic heterocycles. The molecule has 1 aromatic carbocycles. The molecule has 1 aliphatic carbocycles. The van der Waals surface area contributed by atoms with E-state index in [2.05, 4.69) is 15.6 Å². The van der Waals surface area contributed by atoms with Crippen LogP contribution >= 0.6 is 0 Å². The molecule has 0 spiro atoms. The van der Waals surface area contributed by atoms with E-state index in [0.717, 1.165) is 37.7 Å². The third kappa shape index (κ3) is 9.20. The van der Waals surface area contributed by atoms with Crippen molar-refractivity contribution >= 4 is 15.8 Å². The molecule has 0 aliphatic heterocycles. The first-order valence-electron chi connectivity index (χ1n) is 9.35. The summed E-state index contributed by atoms with van der Waals surface area (Å²) in [5, 5.41) is 6.38. The monoisotopic (exact) mass is 381 g/mol. The summed E-state index contributed by atoms with van der Waals surface area (Å²) in [4.78, 5) is 4.15. The molecular formula is C19H31N3O3S. The maximum Gasteiger partial charge on any atom is 0.190 e. The van der Waals surface area contributed by atoms with E-state index in [0.29, 0.717) is 18.9 Å². The lowest BCUT2D eigenvalue weighted by atomic mass is 10.2. The van der Waals surface area contributed by atoms with Crippen LogP contribution in [-0.4, -0.2) is 53.5 Å². The van der Waals surface area contributed by atoms with Gasteiger partial charge in [-0.15, -0.1) is 0 Å². The molecule has 1 aromatic rings. The van der Waals surface area contributed by atoms with Gasteiger partial charge in [0.25, 0.3) is 0 Å². The molecule has 26 heavy (non-hydrogen) atoms. The Morgan fingerprint density at radius 1 is 1.15 bits per heavy atom. The first-order valence-corrected chi connectivity index (χ1v) is 11.2. The smallest absolute Gasteiger partial charge is 0.190 e. The number of hydrogen-bond donors (Lipinski definition) is 2. The Labute approximate surface area is 157 Å². The molecule has 0 saturated heterocycles. The van der Waals surface area contributed by atoms with Crippen LogP contribution < -0.4 is 10.6 Å². The van der Waals surface area contributed by atoms with Crippen molar-refractivity contribution in [1.82, 2.24) is 10.6 Å². The van der Waals surface area contributed by atoms with Crippen LogP contribution in [0.15, 0.2) is 35.3 Å². The minimum atomic E-state index is -3.09. The molecule has 2 N–H and O–H groups in total. The molecule has 0 radical (unpaired) electrons. The molecule has 6 nitrogen and oxygen atoms in total. The highest BCUT2D eigenvalue weighted by atomic mass is 32.2. The zero-order valence-corrected chi connectivity index (χ0v) is 16.4. The SMILES string of the molecule is CN=C(NCCCOCC1CC1)NCCCS(=O)(=O)Cc1ccccc1. The fraction of sp³-hybridized carbons (Fsp3) is 0.632. The Morgan fingerprint density at radius 3 is 2.50 bits per heavy atom. The van der Waals surface area contributed by atoms with Crippen molar-refractivity contribution in [3.8, 4) is 0 Å². The Hall–Kier alpha value is -1.60. The number of benzene rings is 1. The quantitative estimate of drug-likeness (QED) is 0.329. The fourth-order valence-corrected chi connectivity index (χ4v) is 3.96. The van der Waals surface area contributed by atoms with Crippen molar-refractivity contribution < 1.29 is 13.2 Å². The van der Waals surface area contributed by atoms with Crippen molar-refractivity contribution in [1.29, 1.82) is 0 Å². The van der Waals surface area contributed by atoms with Gasteiger partial charge >= 0.3 is 0 Å². The van der Waals surface area contributed by atoms with Gasteiger partial charge in [-0.25, -0.2) is 8.42 Å². The predicted molar refractivity (Wildman–Crippen MR) is 106 cm³/mol. The van der Waals surface area contributed by atoms with Crippen molar-refractivity contribution in [2.24, 2.45) is 10.9 Å². The van der Waals surface area contributed by atoms with Crippen LogP contribution in [-0.2, 0) is 20.3 Å². The number of rotatable bonds is 12. The van der Waals surface area contributed by atoms with E-state index >= 15 is 0 Å².